The molecule has 0 spiro atoms. The first-order valence-electron chi connectivity index (χ1n) is 13.0. The van der Waals surface area contributed by atoms with Crippen molar-refractivity contribution in [3.63, 3.8) is 0 Å². The Morgan fingerprint density at radius 2 is 0.975 bits per heavy atom. The van der Waals surface area contributed by atoms with Crippen LogP contribution >= 0.6 is 0 Å². The monoisotopic (exact) mass is 513 g/mol. The lowest BCUT2D eigenvalue weighted by Gasteiger charge is -2.21. The van der Waals surface area contributed by atoms with E-state index in [1.807, 2.05) is 60.7 Å². The fourth-order valence-electron chi connectivity index (χ4n) is 5.60. The zero-order valence-corrected chi connectivity index (χ0v) is 21.1. The summed E-state index contributed by atoms with van der Waals surface area (Å²) in [6, 6.07) is 40.6. The molecular weight excluding hydrogens is 494 g/mol. The van der Waals surface area contributed by atoms with Crippen LogP contribution in [0.1, 0.15) is 5.56 Å². The molecule has 0 unspecified atom stereocenters. The van der Waals surface area contributed by atoms with Crippen LogP contribution in [0.15, 0.2) is 115 Å². The molecule has 0 atom stereocenters. The Kier molecular flexibility index (Phi) is 4.82. The molecule has 0 N–H and O–H groups in total. The predicted molar refractivity (Wildman–Crippen MR) is 157 cm³/mol. The number of para-hydroxylation sites is 2. The fraction of sp³-hybridized carbons (Fsp3) is 0. The number of ether oxygens (including phenoxy) is 2. The van der Waals surface area contributed by atoms with Gasteiger partial charge in [-0.3, -0.25) is 0 Å². The van der Waals surface area contributed by atoms with Crippen molar-refractivity contribution in [2.45, 2.75) is 0 Å². The van der Waals surface area contributed by atoms with E-state index in [9.17, 15) is 5.26 Å². The molecule has 0 fully saturated rings. The van der Waals surface area contributed by atoms with Gasteiger partial charge in [-0.15, -0.1) is 0 Å². The average molecular weight is 514 g/mol. The van der Waals surface area contributed by atoms with Gasteiger partial charge in [0, 0.05) is 0 Å². The van der Waals surface area contributed by atoms with Crippen molar-refractivity contribution < 1.29 is 9.47 Å². The number of hydrogen-bond donors (Lipinski definition) is 0. The molecule has 5 nitrogen and oxygen atoms in total. The first kappa shape index (κ1) is 22.3. The molecule has 0 amide bonds. The summed E-state index contributed by atoms with van der Waals surface area (Å²) in [6.45, 7) is 0. The van der Waals surface area contributed by atoms with E-state index < -0.39 is 0 Å². The third-order valence-electron chi connectivity index (χ3n) is 7.39. The number of aromatic nitrogens is 2. The Morgan fingerprint density at radius 1 is 0.500 bits per heavy atom. The van der Waals surface area contributed by atoms with E-state index >= 15 is 0 Å². The second-order valence-electron chi connectivity index (χ2n) is 9.72. The molecule has 0 saturated carbocycles. The zero-order valence-electron chi connectivity index (χ0n) is 21.1. The molecule has 1 aliphatic rings. The highest BCUT2D eigenvalue weighted by atomic mass is 16.6. The number of rotatable bonds is 2. The van der Waals surface area contributed by atoms with Crippen molar-refractivity contribution >= 4 is 32.6 Å². The minimum Gasteiger partial charge on any atom is -0.431 e. The van der Waals surface area contributed by atoms with Gasteiger partial charge in [0.15, 0.2) is 11.5 Å². The minimum atomic E-state index is 0.356. The minimum absolute atomic E-state index is 0.356. The van der Waals surface area contributed by atoms with Crippen molar-refractivity contribution in [3.8, 4) is 51.6 Å². The second kappa shape index (κ2) is 8.65. The Morgan fingerprint density at radius 3 is 1.52 bits per heavy atom. The second-order valence-corrected chi connectivity index (χ2v) is 9.72. The van der Waals surface area contributed by atoms with Crippen molar-refractivity contribution in [1.82, 2.24) is 9.97 Å². The molecule has 1 aromatic heterocycles. The van der Waals surface area contributed by atoms with Crippen molar-refractivity contribution in [2.24, 2.45) is 0 Å². The normalized spacial score (nSPS) is 11.9. The predicted octanol–water partition coefficient (Wildman–Crippen LogP) is 9.04. The van der Waals surface area contributed by atoms with Gasteiger partial charge in [0.2, 0.25) is 0 Å². The lowest BCUT2D eigenvalue weighted by molar-refractivity contribution is 0.339. The molecule has 5 heteroatoms. The van der Waals surface area contributed by atoms with Crippen LogP contribution in [0.4, 0.5) is 0 Å². The van der Waals surface area contributed by atoms with Gasteiger partial charge < -0.3 is 9.47 Å². The van der Waals surface area contributed by atoms with Gasteiger partial charge in [0.05, 0.1) is 22.7 Å². The molecule has 0 bridgehead atoms. The van der Waals surface area contributed by atoms with Crippen LogP contribution < -0.4 is 9.47 Å². The number of benzene rings is 6. The average Bonchev–Trinajstić information content (AvgIpc) is 3.01. The van der Waals surface area contributed by atoms with E-state index in [2.05, 4.69) is 70.6 Å². The highest BCUT2D eigenvalue weighted by Crippen LogP contribution is 2.48. The van der Waals surface area contributed by atoms with Gasteiger partial charge >= 0.3 is 0 Å². The Labute approximate surface area is 229 Å². The third-order valence-corrected chi connectivity index (χ3v) is 7.39. The summed E-state index contributed by atoms with van der Waals surface area (Å²) in [4.78, 5) is 9.24. The lowest BCUT2D eigenvalue weighted by Crippen LogP contribution is -2.03. The third kappa shape index (κ3) is 3.40. The summed E-state index contributed by atoms with van der Waals surface area (Å²) in [5.41, 5.74) is 6.49. The Bertz CT molecular complexity index is 2120. The zero-order chi connectivity index (χ0) is 26.6. The standard InChI is InChI=1S/C35H19N3O2/c36-20-21-13-15-22(16-14-21)32-24-7-1-3-9-26(24)33(27-10-4-2-8-25(27)32)23-17-18-30-31(19-23)40-35-34(39-30)37-28-11-5-6-12-29(28)38-35/h1-19H. The summed E-state index contributed by atoms with van der Waals surface area (Å²) in [5.74, 6) is 1.92. The molecule has 40 heavy (non-hydrogen) atoms. The van der Waals surface area contributed by atoms with E-state index in [-0.39, 0.29) is 0 Å². The smallest absolute Gasteiger partial charge is 0.284 e. The van der Waals surface area contributed by atoms with E-state index in [0.717, 1.165) is 54.8 Å². The maximum absolute atomic E-state index is 9.31. The Balaban J connectivity index is 1.33. The molecule has 7 aromatic rings. The number of nitriles is 1. The van der Waals surface area contributed by atoms with Gasteiger partial charge in [0.25, 0.3) is 11.8 Å². The van der Waals surface area contributed by atoms with Gasteiger partial charge in [-0.25, -0.2) is 9.97 Å². The topological polar surface area (TPSA) is 68.0 Å². The molecule has 186 valence electrons. The number of nitrogens with zero attached hydrogens (tertiary/aromatic N) is 3. The summed E-state index contributed by atoms with van der Waals surface area (Å²) >= 11 is 0. The molecule has 0 radical (unpaired) electrons. The summed E-state index contributed by atoms with van der Waals surface area (Å²) in [6.07, 6.45) is 0. The summed E-state index contributed by atoms with van der Waals surface area (Å²) in [5, 5.41) is 13.8. The summed E-state index contributed by atoms with van der Waals surface area (Å²) < 4.78 is 12.4. The highest BCUT2D eigenvalue weighted by molar-refractivity contribution is 6.21. The van der Waals surface area contributed by atoms with Crippen molar-refractivity contribution in [2.75, 3.05) is 0 Å². The number of fused-ring (bicyclic) bond motifs is 5. The molecule has 6 aromatic carbocycles. The van der Waals surface area contributed by atoms with E-state index in [1.54, 1.807) is 0 Å². The van der Waals surface area contributed by atoms with E-state index in [0.29, 0.717) is 28.8 Å². The van der Waals surface area contributed by atoms with Crippen LogP contribution in [-0.4, -0.2) is 9.97 Å². The van der Waals surface area contributed by atoms with Gasteiger partial charge in [-0.05, 0) is 80.2 Å². The van der Waals surface area contributed by atoms with Crippen LogP contribution in [0.3, 0.4) is 0 Å². The van der Waals surface area contributed by atoms with E-state index in [1.165, 1.54) is 0 Å². The maximum Gasteiger partial charge on any atom is 0.284 e. The number of hydrogen-bond acceptors (Lipinski definition) is 5. The summed E-state index contributed by atoms with van der Waals surface area (Å²) in [7, 11) is 0. The van der Waals surface area contributed by atoms with Crippen molar-refractivity contribution in [1.29, 1.82) is 5.26 Å². The molecular formula is C35H19N3O2. The lowest BCUT2D eigenvalue weighted by atomic mass is 9.86. The maximum atomic E-state index is 9.31. The Hall–Kier alpha value is -5.73. The quantitative estimate of drug-likeness (QED) is 0.216. The molecule has 0 saturated heterocycles. The SMILES string of the molecule is N#Cc1ccc(-c2c3ccccc3c(-c3ccc4c(c3)Oc3nc5ccccc5nc3O4)c3ccccc23)cc1. The van der Waals surface area contributed by atoms with Crippen LogP contribution in [-0.2, 0) is 0 Å². The van der Waals surface area contributed by atoms with E-state index in [4.69, 9.17) is 9.47 Å². The van der Waals surface area contributed by atoms with Crippen molar-refractivity contribution in [3.05, 3.63) is 121 Å². The molecule has 2 heterocycles. The largest absolute Gasteiger partial charge is 0.431 e. The fourth-order valence-corrected chi connectivity index (χ4v) is 5.60. The highest BCUT2D eigenvalue weighted by Gasteiger charge is 2.24. The molecule has 1 aliphatic heterocycles. The van der Waals surface area contributed by atoms with Crippen LogP contribution in [0.25, 0.3) is 54.8 Å². The van der Waals surface area contributed by atoms with Crippen LogP contribution in [0.5, 0.6) is 23.3 Å². The van der Waals surface area contributed by atoms with Crippen LogP contribution in [0, 0.1) is 11.3 Å². The first-order chi connectivity index (χ1) is 19.8. The molecule has 0 aliphatic carbocycles. The van der Waals surface area contributed by atoms with Gasteiger partial charge in [-0.1, -0.05) is 78.9 Å². The molecule has 8 rings (SSSR count). The van der Waals surface area contributed by atoms with Gasteiger partial charge in [-0.2, -0.15) is 5.26 Å². The first-order valence-corrected chi connectivity index (χ1v) is 13.0. The van der Waals surface area contributed by atoms with Crippen LogP contribution in [0.2, 0.25) is 0 Å². The van der Waals surface area contributed by atoms with Gasteiger partial charge in [0.1, 0.15) is 0 Å².